The van der Waals surface area contributed by atoms with Gasteiger partial charge in [0.1, 0.15) is 0 Å². The summed E-state index contributed by atoms with van der Waals surface area (Å²) in [5.41, 5.74) is 7.72. The summed E-state index contributed by atoms with van der Waals surface area (Å²) in [6, 6.07) is 6.84. The minimum Gasteiger partial charge on any atom is -0.0646 e. The van der Waals surface area contributed by atoms with Gasteiger partial charge in [-0.05, 0) is 42.4 Å². The van der Waals surface area contributed by atoms with E-state index in [1.54, 1.807) is 11.1 Å². The Hall–Kier alpha value is -1.04. The van der Waals surface area contributed by atoms with E-state index in [2.05, 4.69) is 52.8 Å². The van der Waals surface area contributed by atoms with Gasteiger partial charge < -0.3 is 0 Å². The molecule has 0 saturated heterocycles. The maximum atomic E-state index is 2.34. The highest BCUT2D eigenvalue weighted by atomic mass is 14.3. The third-order valence-corrected chi connectivity index (χ3v) is 3.17. The topological polar surface area (TPSA) is 0 Å². The van der Waals surface area contributed by atoms with Crippen molar-refractivity contribution in [3.63, 3.8) is 0 Å². The molecule has 1 aliphatic carbocycles. The van der Waals surface area contributed by atoms with E-state index >= 15 is 0 Å². The Morgan fingerprint density at radius 3 is 2.33 bits per heavy atom. The second-order valence-electron chi connectivity index (χ2n) is 5.74. The van der Waals surface area contributed by atoms with Crippen molar-refractivity contribution in [3.8, 4) is 0 Å². The lowest BCUT2D eigenvalue weighted by Gasteiger charge is -2.23. The minimum atomic E-state index is 0.267. The lowest BCUT2D eigenvalue weighted by Crippen LogP contribution is -2.08. The van der Waals surface area contributed by atoms with Crippen molar-refractivity contribution < 1.29 is 0 Å². The SMILES string of the molecule is CC1=C(C(C)(C)C)c2cc(C)ccc2C1. The monoisotopic (exact) mass is 200 g/mol. The number of rotatable bonds is 0. The quantitative estimate of drug-likeness (QED) is 0.583. The van der Waals surface area contributed by atoms with E-state index in [1.807, 2.05) is 0 Å². The van der Waals surface area contributed by atoms with E-state index < -0.39 is 0 Å². The molecule has 0 atom stereocenters. The third-order valence-electron chi connectivity index (χ3n) is 3.17. The predicted molar refractivity (Wildman–Crippen MR) is 66.9 cm³/mol. The van der Waals surface area contributed by atoms with Gasteiger partial charge in [0.2, 0.25) is 0 Å². The maximum absolute atomic E-state index is 2.34. The Morgan fingerprint density at radius 1 is 1.07 bits per heavy atom. The van der Waals surface area contributed by atoms with Crippen LogP contribution in [-0.2, 0) is 6.42 Å². The highest BCUT2D eigenvalue weighted by Gasteiger charge is 2.27. The van der Waals surface area contributed by atoms with Crippen LogP contribution in [0.2, 0.25) is 0 Å². The third kappa shape index (κ3) is 1.73. The van der Waals surface area contributed by atoms with E-state index in [9.17, 15) is 0 Å². The van der Waals surface area contributed by atoms with Crippen molar-refractivity contribution in [3.05, 3.63) is 40.5 Å². The molecule has 0 aromatic heterocycles. The number of aryl methyl sites for hydroxylation is 1. The highest BCUT2D eigenvalue weighted by molar-refractivity contribution is 5.79. The fourth-order valence-electron chi connectivity index (χ4n) is 2.73. The molecule has 1 aromatic carbocycles. The molecule has 1 aliphatic rings. The Morgan fingerprint density at radius 2 is 1.73 bits per heavy atom. The molecule has 0 spiro atoms. The molecular weight excluding hydrogens is 180 g/mol. The average molecular weight is 200 g/mol. The van der Waals surface area contributed by atoms with Gasteiger partial charge in [0.15, 0.2) is 0 Å². The Labute approximate surface area is 93.0 Å². The second-order valence-corrected chi connectivity index (χ2v) is 5.74. The zero-order valence-corrected chi connectivity index (χ0v) is 10.4. The summed E-state index contributed by atoms with van der Waals surface area (Å²) in [6.45, 7) is 11.4. The van der Waals surface area contributed by atoms with Crippen molar-refractivity contribution >= 4 is 5.57 Å². The van der Waals surface area contributed by atoms with Crippen LogP contribution in [0.3, 0.4) is 0 Å². The van der Waals surface area contributed by atoms with Crippen molar-refractivity contribution in [2.45, 2.75) is 41.0 Å². The summed E-state index contributed by atoms with van der Waals surface area (Å²) in [5.74, 6) is 0. The molecule has 0 unspecified atom stereocenters. The van der Waals surface area contributed by atoms with Gasteiger partial charge in [-0.1, -0.05) is 50.1 Å². The Kier molecular flexibility index (Phi) is 2.26. The zero-order valence-electron chi connectivity index (χ0n) is 10.4. The lowest BCUT2D eigenvalue weighted by atomic mass is 9.81. The van der Waals surface area contributed by atoms with Crippen LogP contribution in [0.5, 0.6) is 0 Å². The average Bonchev–Trinajstić information content (AvgIpc) is 2.38. The zero-order chi connectivity index (χ0) is 11.2. The number of fused-ring (bicyclic) bond motifs is 1. The Bertz CT molecular complexity index is 428. The van der Waals surface area contributed by atoms with Gasteiger partial charge in [-0.25, -0.2) is 0 Å². The van der Waals surface area contributed by atoms with Gasteiger partial charge in [0.05, 0.1) is 0 Å². The van der Waals surface area contributed by atoms with Crippen LogP contribution < -0.4 is 0 Å². The lowest BCUT2D eigenvalue weighted by molar-refractivity contribution is 0.565. The summed E-state index contributed by atoms with van der Waals surface area (Å²) >= 11 is 0. The van der Waals surface area contributed by atoms with Crippen LogP contribution in [0.4, 0.5) is 0 Å². The fraction of sp³-hybridized carbons (Fsp3) is 0.467. The first-order valence-corrected chi connectivity index (χ1v) is 5.70. The maximum Gasteiger partial charge on any atom is -0.00576 e. The molecular formula is C15H20. The normalized spacial score (nSPS) is 15.8. The van der Waals surface area contributed by atoms with Gasteiger partial charge >= 0.3 is 0 Å². The van der Waals surface area contributed by atoms with E-state index in [-0.39, 0.29) is 5.41 Å². The van der Waals surface area contributed by atoms with Crippen molar-refractivity contribution in [2.24, 2.45) is 5.41 Å². The first-order chi connectivity index (χ1) is 6.89. The number of hydrogen-bond donors (Lipinski definition) is 0. The van der Waals surface area contributed by atoms with Crippen LogP contribution in [0, 0.1) is 12.3 Å². The number of benzene rings is 1. The largest absolute Gasteiger partial charge is 0.0646 e. The molecule has 0 nitrogen and oxygen atoms in total. The number of allylic oxidation sites excluding steroid dienone is 2. The fourth-order valence-corrected chi connectivity index (χ4v) is 2.73. The van der Waals surface area contributed by atoms with Gasteiger partial charge in [0, 0.05) is 0 Å². The predicted octanol–water partition coefficient (Wildman–Crippen LogP) is 4.37. The van der Waals surface area contributed by atoms with Gasteiger partial charge in [0.25, 0.3) is 0 Å². The van der Waals surface area contributed by atoms with E-state index in [0.717, 1.165) is 6.42 Å². The highest BCUT2D eigenvalue weighted by Crippen LogP contribution is 2.43. The Balaban J connectivity index is 2.60. The van der Waals surface area contributed by atoms with Crippen LogP contribution in [0.15, 0.2) is 23.8 Å². The standard InChI is InChI=1S/C15H20/c1-10-6-7-12-9-11(2)14(13(12)8-10)15(3,4)5/h6-8H,9H2,1-5H3. The first kappa shape index (κ1) is 10.5. The smallest absolute Gasteiger partial charge is 0.00576 e. The van der Waals surface area contributed by atoms with E-state index in [0.29, 0.717) is 0 Å². The van der Waals surface area contributed by atoms with Gasteiger partial charge in [-0.15, -0.1) is 0 Å². The summed E-state index contributed by atoms with van der Waals surface area (Å²) in [5, 5.41) is 0. The van der Waals surface area contributed by atoms with Crippen LogP contribution in [-0.4, -0.2) is 0 Å². The van der Waals surface area contributed by atoms with Crippen LogP contribution in [0.1, 0.15) is 44.4 Å². The van der Waals surface area contributed by atoms with E-state index in [4.69, 9.17) is 0 Å². The van der Waals surface area contributed by atoms with Crippen molar-refractivity contribution in [1.82, 2.24) is 0 Å². The summed E-state index contributed by atoms with van der Waals surface area (Å²) in [7, 11) is 0. The molecule has 0 N–H and O–H groups in total. The minimum absolute atomic E-state index is 0.267. The molecule has 0 heterocycles. The van der Waals surface area contributed by atoms with Crippen LogP contribution in [0.25, 0.3) is 5.57 Å². The molecule has 0 amide bonds. The molecule has 0 heteroatoms. The molecule has 0 aliphatic heterocycles. The molecule has 0 radical (unpaired) electrons. The molecule has 0 saturated carbocycles. The van der Waals surface area contributed by atoms with Crippen molar-refractivity contribution in [2.75, 3.05) is 0 Å². The second kappa shape index (κ2) is 3.23. The molecule has 2 rings (SSSR count). The first-order valence-electron chi connectivity index (χ1n) is 5.70. The van der Waals surface area contributed by atoms with E-state index in [1.165, 1.54) is 16.7 Å². The molecule has 0 fully saturated rings. The molecule has 0 bridgehead atoms. The summed E-state index contributed by atoms with van der Waals surface area (Å²) < 4.78 is 0. The molecule has 1 aromatic rings. The van der Waals surface area contributed by atoms with Crippen LogP contribution >= 0.6 is 0 Å². The summed E-state index contributed by atoms with van der Waals surface area (Å²) in [4.78, 5) is 0. The molecule has 80 valence electrons. The van der Waals surface area contributed by atoms with Crippen molar-refractivity contribution in [1.29, 1.82) is 0 Å². The molecule has 15 heavy (non-hydrogen) atoms. The van der Waals surface area contributed by atoms with Gasteiger partial charge in [-0.2, -0.15) is 0 Å². The summed E-state index contributed by atoms with van der Waals surface area (Å²) in [6.07, 6.45) is 1.14. The number of hydrogen-bond acceptors (Lipinski definition) is 0. The van der Waals surface area contributed by atoms with Gasteiger partial charge in [-0.3, -0.25) is 0 Å².